The zero-order valence-electron chi connectivity index (χ0n) is 14.4. The smallest absolute Gasteiger partial charge is 0.327 e. The molecule has 1 atom stereocenters. The summed E-state index contributed by atoms with van der Waals surface area (Å²) < 4.78 is 5.27. The van der Waals surface area contributed by atoms with Crippen molar-refractivity contribution < 1.29 is 9.53 Å². The Bertz CT molecular complexity index is 303. The van der Waals surface area contributed by atoms with Crippen LogP contribution in [0.1, 0.15) is 59.3 Å². The fraction of sp³-hybridized carbons (Fsp3) is 0.941. The second-order valence-electron chi connectivity index (χ2n) is 6.68. The first kappa shape index (κ1) is 18.4. The van der Waals surface area contributed by atoms with Gasteiger partial charge in [0.05, 0.1) is 6.61 Å². The maximum Gasteiger partial charge on any atom is 0.327 e. The van der Waals surface area contributed by atoms with Crippen LogP contribution in [0, 0.1) is 5.92 Å². The van der Waals surface area contributed by atoms with E-state index in [4.69, 9.17) is 4.74 Å². The number of nitrogens with zero attached hydrogens (tertiary/aromatic N) is 1. The summed E-state index contributed by atoms with van der Waals surface area (Å²) in [6.45, 7) is 9.03. The largest absolute Gasteiger partial charge is 0.465 e. The van der Waals surface area contributed by atoms with Gasteiger partial charge in [0.2, 0.25) is 0 Å². The molecule has 0 amide bonds. The number of esters is 1. The minimum Gasteiger partial charge on any atom is -0.465 e. The molecule has 1 aliphatic carbocycles. The van der Waals surface area contributed by atoms with Crippen molar-refractivity contribution in [2.45, 2.75) is 64.8 Å². The van der Waals surface area contributed by atoms with E-state index in [1.165, 1.54) is 32.1 Å². The Hall–Kier alpha value is -0.610. The van der Waals surface area contributed by atoms with Gasteiger partial charge in [-0.1, -0.05) is 26.2 Å². The molecule has 1 saturated carbocycles. The Balaban J connectivity index is 2.54. The molecule has 0 heterocycles. The minimum absolute atomic E-state index is 0.131. The Morgan fingerprint density at radius 3 is 2.52 bits per heavy atom. The van der Waals surface area contributed by atoms with Crippen molar-refractivity contribution in [3.8, 4) is 0 Å². The van der Waals surface area contributed by atoms with Crippen molar-refractivity contribution in [2.75, 3.05) is 33.3 Å². The Morgan fingerprint density at radius 1 is 1.29 bits per heavy atom. The minimum atomic E-state index is -0.602. The standard InChI is InChI=1S/C17H34N2O2/c1-5-12-18-17(3,16(20)21-6-2)14-19(4)13-15-10-8-7-9-11-15/h15,18H,5-14H2,1-4H3. The monoisotopic (exact) mass is 298 g/mol. The molecule has 4 nitrogen and oxygen atoms in total. The molecule has 1 rings (SSSR count). The average molecular weight is 298 g/mol. The third kappa shape index (κ3) is 6.35. The highest BCUT2D eigenvalue weighted by Gasteiger charge is 2.35. The van der Waals surface area contributed by atoms with Crippen LogP contribution in [0.5, 0.6) is 0 Å². The molecule has 0 aromatic heterocycles. The Labute approximate surface area is 130 Å². The molecule has 1 unspecified atom stereocenters. The maximum absolute atomic E-state index is 12.3. The van der Waals surface area contributed by atoms with E-state index in [1.807, 2.05) is 13.8 Å². The summed E-state index contributed by atoms with van der Waals surface area (Å²) in [4.78, 5) is 14.6. The van der Waals surface area contributed by atoms with Crippen LogP contribution in [0.3, 0.4) is 0 Å². The zero-order valence-corrected chi connectivity index (χ0v) is 14.4. The summed E-state index contributed by atoms with van der Waals surface area (Å²) in [5.74, 6) is 0.662. The van der Waals surface area contributed by atoms with Gasteiger partial charge in [-0.15, -0.1) is 0 Å². The second kappa shape index (κ2) is 9.42. The molecule has 0 saturated heterocycles. The van der Waals surface area contributed by atoms with E-state index in [0.717, 1.165) is 25.4 Å². The highest BCUT2D eigenvalue weighted by atomic mass is 16.5. The Morgan fingerprint density at radius 2 is 1.95 bits per heavy atom. The van der Waals surface area contributed by atoms with Crippen LogP contribution >= 0.6 is 0 Å². The van der Waals surface area contributed by atoms with Gasteiger partial charge in [-0.05, 0) is 52.6 Å². The summed E-state index contributed by atoms with van der Waals surface area (Å²) in [6, 6.07) is 0. The van der Waals surface area contributed by atoms with E-state index in [-0.39, 0.29) is 5.97 Å². The van der Waals surface area contributed by atoms with Crippen molar-refractivity contribution in [1.29, 1.82) is 0 Å². The van der Waals surface area contributed by atoms with Gasteiger partial charge >= 0.3 is 5.97 Å². The van der Waals surface area contributed by atoms with Crippen LogP contribution in [-0.4, -0.2) is 49.7 Å². The first-order valence-corrected chi connectivity index (χ1v) is 8.62. The lowest BCUT2D eigenvalue weighted by Gasteiger charge is -2.35. The van der Waals surface area contributed by atoms with Crippen molar-refractivity contribution in [3.63, 3.8) is 0 Å². The molecule has 0 aliphatic heterocycles. The normalized spacial score (nSPS) is 19.5. The molecule has 4 heteroatoms. The lowest BCUT2D eigenvalue weighted by atomic mass is 9.88. The van der Waals surface area contributed by atoms with E-state index in [9.17, 15) is 4.79 Å². The summed E-state index contributed by atoms with van der Waals surface area (Å²) >= 11 is 0. The molecule has 124 valence electrons. The van der Waals surface area contributed by atoms with Crippen LogP contribution in [-0.2, 0) is 9.53 Å². The van der Waals surface area contributed by atoms with Crippen molar-refractivity contribution >= 4 is 5.97 Å². The van der Waals surface area contributed by atoms with Gasteiger partial charge in [-0.25, -0.2) is 0 Å². The first-order chi connectivity index (χ1) is 10.0. The van der Waals surface area contributed by atoms with Gasteiger partial charge in [0.15, 0.2) is 0 Å². The molecule has 1 aliphatic rings. The third-order valence-corrected chi connectivity index (χ3v) is 4.37. The van der Waals surface area contributed by atoms with E-state index >= 15 is 0 Å². The van der Waals surface area contributed by atoms with Gasteiger partial charge in [-0.2, -0.15) is 0 Å². The molecule has 0 aromatic carbocycles. The van der Waals surface area contributed by atoms with Crippen LogP contribution in [0.15, 0.2) is 0 Å². The number of hydrogen-bond acceptors (Lipinski definition) is 4. The predicted molar refractivity (Wildman–Crippen MR) is 87.4 cm³/mol. The molecule has 0 spiro atoms. The number of carbonyl (C=O) groups excluding carboxylic acids is 1. The van der Waals surface area contributed by atoms with Crippen LogP contribution in [0.2, 0.25) is 0 Å². The quantitative estimate of drug-likeness (QED) is 0.665. The lowest BCUT2D eigenvalue weighted by molar-refractivity contribution is -0.151. The number of nitrogens with one attached hydrogen (secondary N) is 1. The molecular weight excluding hydrogens is 264 g/mol. The molecule has 1 N–H and O–H groups in total. The summed E-state index contributed by atoms with van der Waals surface area (Å²) in [5.41, 5.74) is -0.602. The summed E-state index contributed by atoms with van der Waals surface area (Å²) in [7, 11) is 2.12. The second-order valence-corrected chi connectivity index (χ2v) is 6.68. The molecule has 1 fully saturated rings. The van der Waals surface area contributed by atoms with Crippen molar-refractivity contribution in [2.24, 2.45) is 5.92 Å². The van der Waals surface area contributed by atoms with Gasteiger partial charge in [0.25, 0.3) is 0 Å². The van der Waals surface area contributed by atoms with Gasteiger partial charge in [-0.3, -0.25) is 4.79 Å². The topological polar surface area (TPSA) is 41.6 Å². The number of rotatable bonds is 9. The average Bonchev–Trinajstić information content (AvgIpc) is 2.46. The van der Waals surface area contributed by atoms with Crippen LogP contribution < -0.4 is 5.32 Å². The lowest BCUT2D eigenvalue weighted by Crippen LogP contribution is -2.57. The number of hydrogen-bond donors (Lipinski definition) is 1. The number of carbonyl (C=O) groups is 1. The molecular formula is C17H34N2O2. The van der Waals surface area contributed by atoms with E-state index in [1.54, 1.807) is 0 Å². The third-order valence-electron chi connectivity index (χ3n) is 4.37. The fourth-order valence-corrected chi connectivity index (χ4v) is 3.30. The molecule has 0 bridgehead atoms. The SMILES string of the molecule is CCCNC(C)(CN(C)CC1CCCCC1)C(=O)OCC. The first-order valence-electron chi connectivity index (χ1n) is 8.62. The van der Waals surface area contributed by atoms with Crippen LogP contribution in [0.4, 0.5) is 0 Å². The molecule has 0 radical (unpaired) electrons. The highest BCUT2D eigenvalue weighted by molar-refractivity contribution is 5.80. The summed E-state index contributed by atoms with van der Waals surface area (Å²) in [5, 5.41) is 3.38. The summed E-state index contributed by atoms with van der Waals surface area (Å²) in [6.07, 6.45) is 7.80. The highest BCUT2D eigenvalue weighted by Crippen LogP contribution is 2.24. The molecule has 0 aromatic rings. The number of ether oxygens (including phenoxy) is 1. The van der Waals surface area contributed by atoms with Gasteiger partial charge < -0.3 is 15.0 Å². The number of likely N-dealkylation sites (N-methyl/N-ethyl adjacent to an activating group) is 1. The molecule has 21 heavy (non-hydrogen) atoms. The van der Waals surface area contributed by atoms with Crippen molar-refractivity contribution in [3.05, 3.63) is 0 Å². The van der Waals surface area contributed by atoms with E-state index < -0.39 is 5.54 Å². The van der Waals surface area contributed by atoms with Gasteiger partial charge in [0.1, 0.15) is 5.54 Å². The van der Waals surface area contributed by atoms with Crippen molar-refractivity contribution in [1.82, 2.24) is 10.2 Å². The maximum atomic E-state index is 12.3. The predicted octanol–water partition coefficient (Wildman–Crippen LogP) is 2.82. The zero-order chi connectivity index (χ0) is 15.7. The Kier molecular flexibility index (Phi) is 8.27. The fourth-order valence-electron chi connectivity index (χ4n) is 3.30. The van der Waals surface area contributed by atoms with E-state index in [0.29, 0.717) is 13.2 Å². The van der Waals surface area contributed by atoms with E-state index in [2.05, 4.69) is 24.2 Å². The van der Waals surface area contributed by atoms with Gasteiger partial charge in [0, 0.05) is 13.1 Å². The van der Waals surface area contributed by atoms with Crippen LogP contribution in [0.25, 0.3) is 0 Å².